The van der Waals surface area contributed by atoms with Crippen LogP contribution in [0.5, 0.6) is 0 Å². The number of hydroxylamine groups is 2. The van der Waals surface area contributed by atoms with E-state index in [1.165, 1.54) is 5.06 Å². The highest BCUT2D eigenvalue weighted by molar-refractivity contribution is 6.05. The summed E-state index contributed by atoms with van der Waals surface area (Å²) in [5, 5.41) is 4.19. The normalized spacial score (nSPS) is 14.9. The van der Waals surface area contributed by atoms with Crippen LogP contribution in [-0.2, 0) is 16.2 Å². The van der Waals surface area contributed by atoms with Crippen molar-refractivity contribution in [3.8, 4) is 11.1 Å². The quantitative estimate of drug-likeness (QED) is 0.349. The molecular weight excluding hydrogens is 472 g/mol. The zero-order chi connectivity index (χ0) is 26.2. The summed E-state index contributed by atoms with van der Waals surface area (Å²) in [6, 6.07) is 5.63. The van der Waals surface area contributed by atoms with Crippen LogP contribution in [0.25, 0.3) is 17.2 Å². The number of amidine groups is 1. The van der Waals surface area contributed by atoms with Gasteiger partial charge in [0.2, 0.25) is 0 Å². The van der Waals surface area contributed by atoms with E-state index in [1.807, 2.05) is 25.1 Å². The Hall–Kier alpha value is -3.83. The Morgan fingerprint density at radius 1 is 1.16 bits per heavy atom. The van der Waals surface area contributed by atoms with Crippen LogP contribution in [0.15, 0.2) is 41.2 Å². The Morgan fingerprint density at radius 3 is 2.62 bits per heavy atom. The van der Waals surface area contributed by atoms with Gasteiger partial charge in [0, 0.05) is 61.7 Å². The molecule has 4 rings (SSSR count). The molecule has 0 aliphatic carbocycles. The lowest BCUT2D eigenvalue weighted by Gasteiger charge is -2.23. The third-order valence-electron chi connectivity index (χ3n) is 6.16. The second-order valence-electron chi connectivity index (χ2n) is 8.98. The van der Waals surface area contributed by atoms with Gasteiger partial charge >= 0.3 is 6.03 Å². The molecule has 196 valence electrons. The van der Waals surface area contributed by atoms with Gasteiger partial charge < -0.3 is 21.7 Å². The average molecular weight is 507 g/mol. The van der Waals surface area contributed by atoms with E-state index in [4.69, 9.17) is 16.3 Å². The van der Waals surface area contributed by atoms with Gasteiger partial charge in [-0.05, 0) is 37.0 Å². The SMILES string of the molecule is CCCN(OCCNC(=O)N1CCCC1)C(=O)C1=Cc2ccc(-c3cnc(CN)nc3)cc2N=C(N)C1. The van der Waals surface area contributed by atoms with Gasteiger partial charge in [0.15, 0.2) is 0 Å². The van der Waals surface area contributed by atoms with E-state index in [2.05, 4.69) is 20.3 Å². The van der Waals surface area contributed by atoms with Gasteiger partial charge in [-0.2, -0.15) is 0 Å². The molecule has 11 heteroatoms. The monoisotopic (exact) mass is 506 g/mol. The largest absolute Gasteiger partial charge is 0.387 e. The smallest absolute Gasteiger partial charge is 0.317 e. The first-order chi connectivity index (χ1) is 18.0. The molecule has 5 N–H and O–H groups in total. The second kappa shape index (κ2) is 12.4. The van der Waals surface area contributed by atoms with Crippen molar-refractivity contribution in [2.75, 3.05) is 32.8 Å². The lowest BCUT2D eigenvalue weighted by molar-refractivity contribution is -0.181. The van der Waals surface area contributed by atoms with Crippen LogP contribution in [0, 0.1) is 0 Å². The number of fused-ring (bicyclic) bond motifs is 1. The topological polar surface area (TPSA) is 152 Å². The Labute approximate surface area is 216 Å². The molecular formula is C26H34N8O3. The van der Waals surface area contributed by atoms with Crippen molar-refractivity contribution in [1.29, 1.82) is 0 Å². The van der Waals surface area contributed by atoms with Gasteiger partial charge in [0.05, 0.1) is 18.8 Å². The number of hydrogen-bond acceptors (Lipinski definition) is 8. The Morgan fingerprint density at radius 2 is 1.92 bits per heavy atom. The summed E-state index contributed by atoms with van der Waals surface area (Å²) < 4.78 is 0. The average Bonchev–Trinajstić information content (AvgIpc) is 3.40. The van der Waals surface area contributed by atoms with Crippen LogP contribution in [0.2, 0.25) is 0 Å². The minimum Gasteiger partial charge on any atom is -0.387 e. The maximum absolute atomic E-state index is 13.4. The van der Waals surface area contributed by atoms with Crippen molar-refractivity contribution in [2.24, 2.45) is 16.5 Å². The number of nitrogens with two attached hydrogens (primary N) is 2. The Kier molecular flexibility index (Phi) is 8.81. The molecule has 0 saturated carbocycles. The van der Waals surface area contributed by atoms with Gasteiger partial charge in [-0.1, -0.05) is 19.1 Å². The fraction of sp³-hybridized carbons (Fsp3) is 0.423. The molecule has 0 bridgehead atoms. The van der Waals surface area contributed by atoms with Crippen molar-refractivity contribution >= 4 is 29.5 Å². The summed E-state index contributed by atoms with van der Waals surface area (Å²) in [6.07, 6.45) is 8.23. The molecule has 1 saturated heterocycles. The molecule has 11 nitrogen and oxygen atoms in total. The molecule has 3 amide bonds. The first kappa shape index (κ1) is 26.2. The number of aliphatic imine (C=N–C) groups is 1. The number of hydrogen-bond donors (Lipinski definition) is 3. The first-order valence-electron chi connectivity index (χ1n) is 12.6. The third-order valence-corrected chi connectivity index (χ3v) is 6.16. The summed E-state index contributed by atoms with van der Waals surface area (Å²) in [6.45, 7) is 4.72. The fourth-order valence-electron chi connectivity index (χ4n) is 4.25. The standard InChI is InChI=1S/C26H34N8O3/c1-2-8-34(37-11-7-29-26(36)33-9-3-4-10-33)25(35)20-12-19-6-5-18(13-22(19)32-23(28)14-20)21-16-30-24(15-27)31-17-21/h5-6,12-13,16-17H,2-4,7-11,14-15,27H2,1H3,(H2,28,32)(H,29,36). The molecule has 37 heavy (non-hydrogen) atoms. The highest BCUT2D eigenvalue weighted by Crippen LogP contribution is 2.31. The maximum atomic E-state index is 13.4. The number of urea groups is 1. The number of carbonyl (C=O) groups excluding carboxylic acids is 2. The predicted molar refractivity (Wildman–Crippen MR) is 141 cm³/mol. The number of nitrogens with zero attached hydrogens (tertiary/aromatic N) is 5. The van der Waals surface area contributed by atoms with Crippen LogP contribution < -0.4 is 16.8 Å². The lowest BCUT2D eigenvalue weighted by atomic mass is 10.0. The zero-order valence-electron chi connectivity index (χ0n) is 21.2. The first-order valence-corrected chi connectivity index (χ1v) is 12.6. The summed E-state index contributed by atoms with van der Waals surface area (Å²) in [5.74, 6) is 0.632. The second-order valence-corrected chi connectivity index (χ2v) is 8.98. The predicted octanol–water partition coefficient (Wildman–Crippen LogP) is 2.35. The number of nitrogens with one attached hydrogen (secondary N) is 1. The highest BCUT2D eigenvalue weighted by atomic mass is 16.7. The molecule has 1 aromatic carbocycles. The van der Waals surface area contributed by atoms with E-state index in [1.54, 1.807) is 23.4 Å². The molecule has 0 spiro atoms. The van der Waals surface area contributed by atoms with Crippen LogP contribution in [0.1, 0.15) is 44.0 Å². The van der Waals surface area contributed by atoms with Crippen molar-refractivity contribution in [3.05, 3.63) is 47.6 Å². The van der Waals surface area contributed by atoms with Crippen LogP contribution in [-0.4, -0.2) is 70.5 Å². The number of aromatic nitrogens is 2. The minimum atomic E-state index is -0.270. The van der Waals surface area contributed by atoms with Gasteiger partial charge in [0.1, 0.15) is 11.7 Å². The van der Waals surface area contributed by atoms with E-state index < -0.39 is 0 Å². The molecule has 2 aromatic rings. The van der Waals surface area contributed by atoms with Crippen molar-refractivity contribution in [3.63, 3.8) is 0 Å². The van der Waals surface area contributed by atoms with Crippen molar-refractivity contribution < 1.29 is 14.4 Å². The van der Waals surface area contributed by atoms with Crippen molar-refractivity contribution in [2.45, 2.75) is 39.2 Å². The summed E-state index contributed by atoms with van der Waals surface area (Å²) >= 11 is 0. The number of rotatable bonds is 9. The highest BCUT2D eigenvalue weighted by Gasteiger charge is 2.23. The molecule has 2 aliphatic heterocycles. The molecule has 0 radical (unpaired) electrons. The number of benzene rings is 1. The Balaban J connectivity index is 1.44. The van der Waals surface area contributed by atoms with Gasteiger partial charge in [-0.3, -0.25) is 9.63 Å². The molecule has 0 unspecified atom stereocenters. The molecule has 1 fully saturated rings. The zero-order valence-corrected chi connectivity index (χ0v) is 21.2. The lowest BCUT2D eigenvalue weighted by Crippen LogP contribution is -2.41. The van der Waals surface area contributed by atoms with Gasteiger partial charge in [0.25, 0.3) is 5.91 Å². The van der Waals surface area contributed by atoms with Crippen molar-refractivity contribution in [1.82, 2.24) is 25.2 Å². The van der Waals surface area contributed by atoms with Crippen LogP contribution >= 0.6 is 0 Å². The molecule has 3 heterocycles. The summed E-state index contributed by atoms with van der Waals surface area (Å²) in [7, 11) is 0. The van der Waals surface area contributed by atoms with E-state index in [-0.39, 0.29) is 31.5 Å². The Bertz CT molecular complexity index is 1170. The van der Waals surface area contributed by atoms with E-state index in [9.17, 15) is 9.59 Å². The summed E-state index contributed by atoms with van der Waals surface area (Å²) in [4.78, 5) is 46.2. The van der Waals surface area contributed by atoms with E-state index in [0.29, 0.717) is 42.4 Å². The van der Waals surface area contributed by atoms with Gasteiger partial charge in [-0.15, -0.1) is 0 Å². The fourth-order valence-corrected chi connectivity index (χ4v) is 4.25. The molecule has 0 atom stereocenters. The summed E-state index contributed by atoms with van der Waals surface area (Å²) in [5.41, 5.74) is 15.4. The molecule has 1 aromatic heterocycles. The van der Waals surface area contributed by atoms with E-state index >= 15 is 0 Å². The number of likely N-dealkylation sites (tertiary alicyclic amines) is 1. The van der Waals surface area contributed by atoms with Gasteiger partial charge in [-0.25, -0.2) is 24.8 Å². The minimum absolute atomic E-state index is 0.0946. The molecule has 2 aliphatic rings. The number of amides is 3. The number of carbonyl (C=O) groups is 2. The van der Waals surface area contributed by atoms with Crippen LogP contribution in [0.3, 0.4) is 0 Å². The van der Waals surface area contributed by atoms with Crippen LogP contribution in [0.4, 0.5) is 10.5 Å². The van der Waals surface area contributed by atoms with E-state index in [0.717, 1.165) is 42.6 Å². The maximum Gasteiger partial charge on any atom is 0.317 e. The third kappa shape index (κ3) is 6.69.